The number of nitrogens with two attached hydrogens (primary N) is 2. The summed E-state index contributed by atoms with van der Waals surface area (Å²) in [7, 11) is 7.14. The summed E-state index contributed by atoms with van der Waals surface area (Å²) in [5.74, 6) is 1.65. The number of nitrogens with zero attached hydrogens (tertiary/aromatic N) is 6. The molecule has 6 N–H and O–H groups in total. The van der Waals surface area contributed by atoms with Gasteiger partial charge in [0.05, 0.1) is 58.6 Å². The van der Waals surface area contributed by atoms with Gasteiger partial charge in [-0.05, 0) is 86.0 Å². The second kappa shape index (κ2) is 14.7. The molecule has 0 radical (unpaired) electrons. The Labute approximate surface area is 332 Å². The molecule has 2 unspecified atom stereocenters. The molecule has 2 aromatic carbocycles. The minimum absolute atomic E-state index is 0.0700. The molecule has 0 amide bonds. The minimum atomic E-state index is -0.401. The van der Waals surface area contributed by atoms with Gasteiger partial charge in [-0.1, -0.05) is 12.1 Å². The number of aryl methyl sites for hydroxylation is 2. The molecule has 54 heavy (non-hydrogen) atoms. The van der Waals surface area contributed by atoms with Gasteiger partial charge in [0.25, 0.3) is 0 Å². The molecule has 2 aliphatic heterocycles. The maximum Gasteiger partial charge on any atom is 0.241 e. The Morgan fingerprint density at radius 3 is 1.61 bits per heavy atom. The predicted octanol–water partition coefficient (Wildman–Crippen LogP) is 7.36. The first-order chi connectivity index (χ1) is 26.1. The smallest absolute Gasteiger partial charge is 0.241 e. The number of allylic oxidation sites excluding steroid dienone is 2. The second-order valence-corrected chi connectivity index (χ2v) is 14.4. The van der Waals surface area contributed by atoms with Gasteiger partial charge in [0.15, 0.2) is 11.8 Å². The molecular weight excluding hydrogens is 867 g/mol. The fourth-order valence-electron chi connectivity index (χ4n) is 6.59. The first-order valence-electron chi connectivity index (χ1n) is 16.2. The fourth-order valence-corrected chi connectivity index (χ4v) is 7.90. The van der Waals surface area contributed by atoms with E-state index < -0.39 is 5.92 Å². The van der Waals surface area contributed by atoms with E-state index >= 15 is 0 Å². The van der Waals surface area contributed by atoms with E-state index in [2.05, 4.69) is 68.6 Å². The van der Waals surface area contributed by atoms with E-state index in [0.717, 1.165) is 58.6 Å². The summed E-state index contributed by atoms with van der Waals surface area (Å²) >= 11 is 5.74. The van der Waals surface area contributed by atoms with E-state index in [0.29, 0.717) is 28.9 Å². The highest BCUT2D eigenvalue weighted by molar-refractivity contribution is 14.1. The zero-order valence-electron chi connectivity index (χ0n) is 29.3. The normalized spacial score (nSPS) is 15.9. The zero-order valence-corrected chi connectivity index (χ0v) is 33.1. The Morgan fingerprint density at radius 1 is 0.759 bits per heavy atom. The highest BCUT2D eigenvalue weighted by Gasteiger charge is 2.38. The number of hydrogen-bond donors (Lipinski definition) is 4. The van der Waals surface area contributed by atoms with Gasteiger partial charge in [-0.25, -0.2) is 9.69 Å². The summed E-state index contributed by atoms with van der Waals surface area (Å²) in [4.78, 5) is 7.34. The predicted molar refractivity (Wildman–Crippen MR) is 213 cm³/mol. The van der Waals surface area contributed by atoms with Crippen molar-refractivity contribution >= 4 is 38.5 Å². The average molecular weight is 900 g/mol. The van der Waals surface area contributed by atoms with E-state index in [1.165, 1.54) is 0 Å². The lowest BCUT2D eigenvalue weighted by Gasteiger charge is -2.24. The zero-order chi connectivity index (χ0) is 38.3. The number of methoxy groups -OCH3 is 2. The lowest BCUT2D eigenvalue weighted by molar-refractivity contribution is 0.377. The van der Waals surface area contributed by atoms with Crippen LogP contribution in [0.3, 0.4) is 0 Å². The van der Waals surface area contributed by atoms with Crippen LogP contribution in [0.2, 0.25) is 0 Å². The third kappa shape index (κ3) is 6.43. The van der Waals surface area contributed by atoms with E-state index in [-0.39, 0.29) is 17.7 Å². The molecule has 16 heteroatoms. The third-order valence-electron chi connectivity index (χ3n) is 9.08. The van der Waals surface area contributed by atoms with Gasteiger partial charge in [0.1, 0.15) is 11.5 Å². The Kier molecular flexibility index (Phi) is 9.89. The van der Waals surface area contributed by atoms with Crippen LogP contribution in [0.25, 0.3) is 32.2 Å². The van der Waals surface area contributed by atoms with E-state index in [1.54, 1.807) is 14.2 Å². The van der Waals surface area contributed by atoms with Crippen LogP contribution in [0.4, 0.5) is 0 Å². The number of fused-ring (bicyclic) bond motifs is 2. The van der Waals surface area contributed by atoms with Crippen molar-refractivity contribution in [3.05, 3.63) is 150 Å². The summed E-state index contributed by atoms with van der Waals surface area (Å²) < 4.78 is 27.6. The van der Waals surface area contributed by atoms with Crippen LogP contribution < -0.4 is 30.4 Å². The lowest BCUT2D eigenvalue weighted by Crippen LogP contribution is -2.20. The molecule has 0 saturated carbocycles. The number of halogens is 2. The first-order valence-corrected chi connectivity index (χ1v) is 18.1. The molecule has 0 fully saturated rings. The summed E-state index contributed by atoms with van der Waals surface area (Å²) in [6.07, 6.45) is 7.87. The number of H-pyrrole nitrogens is 2. The van der Waals surface area contributed by atoms with Crippen LogP contribution in [-0.2, 0) is 14.1 Å². The summed E-state index contributed by atoms with van der Waals surface area (Å²) in [6, 6.07) is 15.5. The van der Waals surface area contributed by atoms with Crippen molar-refractivity contribution in [1.29, 1.82) is 0 Å². The number of hydrogen-bond acceptors (Lipinski definition) is 8. The number of rotatable bonds is 6. The Hall–Kier alpha value is -6.11. The monoisotopic (exact) mass is 898 g/mol. The largest absolute Gasteiger partial charge is 0.496 e. The van der Waals surface area contributed by atoms with Gasteiger partial charge >= 0.3 is 0 Å². The highest BCUT2D eigenvalue weighted by atomic mass is 127. The molecule has 0 bridgehead atoms. The molecule has 2 aliphatic rings. The first kappa shape index (κ1) is 36.3. The maximum absolute atomic E-state index is 7.66. The second-order valence-electron chi connectivity index (χ2n) is 12.3. The summed E-state index contributed by atoms with van der Waals surface area (Å²) in [6.45, 7) is 15.3. The molecule has 272 valence electrons. The Bertz CT molecular complexity index is 2390. The van der Waals surface area contributed by atoms with Crippen LogP contribution in [0, 0.1) is 16.7 Å². The van der Waals surface area contributed by atoms with Crippen molar-refractivity contribution in [2.24, 2.45) is 25.6 Å². The number of ether oxygens (including phenoxy) is 4. The molecule has 0 aliphatic carbocycles. The van der Waals surface area contributed by atoms with Gasteiger partial charge in [-0.2, -0.15) is 0 Å². The molecule has 0 saturated heterocycles. The SMILES string of the molecule is [C-]#[N+]C1=C(N)Oc2n[nH]c(-c3ccn(C)c3)c2C1c1ccc(OC)c(Br)c1.[C-]#[N+]C1=C(N)Oc2n[nH]c(-c3ccn(C)c3)c2C1c1ccc(OC)c(I)c1. The highest BCUT2D eigenvalue weighted by Crippen LogP contribution is 2.48. The third-order valence-corrected chi connectivity index (χ3v) is 10.5. The maximum atomic E-state index is 7.66. The lowest BCUT2D eigenvalue weighted by atomic mass is 9.86. The quantitative estimate of drug-likeness (QED) is 0.0996. The minimum Gasteiger partial charge on any atom is -0.496 e. The number of nitrogens with one attached hydrogen (secondary N) is 2. The number of benzene rings is 2. The van der Waals surface area contributed by atoms with Crippen molar-refractivity contribution in [1.82, 2.24) is 29.5 Å². The molecular formula is C38H32BrIN10O4. The van der Waals surface area contributed by atoms with E-state index in [9.17, 15) is 0 Å². The topological polar surface area (TPSA) is 165 Å². The molecule has 6 aromatic rings. The van der Waals surface area contributed by atoms with Crippen molar-refractivity contribution < 1.29 is 18.9 Å². The molecule has 8 rings (SSSR count). The van der Waals surface area contributed by atoms with Gasteiger partial charge in [0.2, 0.25) is 23.2 Å². The van der Waals surface area contributed by atoms with Crippen LogP contribution in [0.1, 0.15) is 34.1 Å². The van der Waals surface area contributed by atoms with Crippen LogP contribution in [0.5, 0.6) is 23.3 Å². The van der Waals surface area contributed by atoms with Crippen molar-refractivity contribution in [3.8, 4) is 45.8 Å². The van der Waals surface area contributed by atoms with Crippen molar-refractivity contribution in [2.45, 2.75) is 11.8 Å². The molecule has 6 heterocycles. The molecule has 0 spiro atoms. The standard InChI is InChI=1S/C19H16BrN5O2.C19H16IN5O2/c2*1-22-17-14(10-4-5-13(26-3)12(20)8-10)15-16(11-6-7-25(2)9-11)23-24-19(15)27-18(17)21/h2*4-9,14H,21H2,2-3H3,(H,23,24). The van der Waals surface area contributed by atoms with Gasteiger partial charge in [0, 0.05) is 61.1 Å². The summed E-state index contributed by atoms with van der Waals surface area (Å²) in [5, 5.41) is 14.7. The molecule has 14 nitrogen and oxygen atoms in total. The fraction of sp³-hybridized carbons (Fsp3) is 0.158. The number of aromatic nitrogens is 6. The van der Waals surface area contributed by atoms with Crippen LogP contribution in [0.15, 0.2) is 101 Å². The molecule has 4 aromatic heterocycles. The van der Waals surface area contributed by atoms with Gasteiger partial charge < -0.3 is 39.5 Å². The van der Waals surface area contributed by atoms with Gasteiger partial charge in [-0.15, -0.1) is 10.2 Å². The van der Waals surface area contributed by atoms with E-state index in [4.69, 9.17) is 43.6 Å². The Balaban J connectivity index is 0.000000167. The van der Waals surface area contributed by atoms with Crippen LogP contribution >= 0.6 is 38.5 Å². The van der Waals surface area contributed by atoms with Crippen molar-refractivity contribution in [2.75, 3.05) is 14.2 Å². The molecule has 2 atom stereocenters. The number of aromatic amines is 2. The van der Waals surface area contributed by atoms with E-state index in [1.807, 2.05) is 96.5 Å². The van der Waals surface area contributed by atoms with Crippen LogP contribution in [-0.4, -0.2) is 43.7 Å². The van der Waals surface area contributed by atoms with Crippen molar-refractivity contribution in [3.63, 3.8) is 0 Å². The summed E-state index contributed by atoms with van der Waals surface area (Å²) in [5.41, 5.74) is 19.7. The van der Waals surface area contributed by atoms with Gasteiger partial charge in [-0.3, -0.25) is 10.2 Å². The average Bonchev–Trinajstić information content (AvgIpc) is 3.97. The Morgan fingerprint density at radius 2 is 1.22 bits per heavy atom.